The molecule has 0 aliphatic heterocycles. The number of rotatable bonds is 3. The van der Waals surface area contributed by atoms with Gasteiger partial charge >= 0.3 is 0 Å². The van der Waals surface area contributed by atoms with E-state index < -0.39 is 0 Å². The third-order valence-electron chi connectivity index (χ3n) is 3.98. The number of benzene rings is 2. The standard InChI is InChI=1S/C19H18ClNO/c20-16-11-8-14(9-12-16)10-13-19(22)21-18-7-3-5-15-4-1-2-6-17(15)18/h1-2,4,6,8-13,18H,3,5,7H2,(H,21,22)/b13-10+/t18-/m1/s1. The van der Waals surface area contributed by atoms with Crippen LogP contribution in [0.25, 0.3) is 6.08 Å². The van der Waals surface area contributed by atoms with E-state index in [4.69, 9.17) is 11.6 Å². The molecule has 112 valence electrons. The Hall–Kier alpha value is -2.06. The molecule has 0 saturated carbocycles. The van der Waals surface area contributed by atoms with Crippen LogP contribution in [-0.4, -0.2) is 5.91 Å². The molecule has 0 spiro atoms. The van der Waals surface area contributed by atoms with Gasteiger partial charge < -0.3 is 5.32 Å². The van der Waals surface area contributed by atoms with Crippen molar-refractivity contribution in [3.8, 4) is 0 Å². The van der Waals surface area contributed by atoms with Gasteiger partial charge in [0.05, 0.1) is 6.04 Å². The zero-order valence-electron chi connectivity index (χ0n) is 12.3. The van der Waals surface area contributed by atoms with Crippen molar-refractivity contribution < 1.29 is 4.79 Å². The average molecular weight is 312 g/mol. The molecule has 1 atom stereocenters. The topological polar surface area (TPSA) is 29.1 Å². The molecule has 0 bridgehead atoms. The lowest BCUT2D eigenvalue weighted by molar-refractivity contribution is -0.117. The van der Waals surface area contributed by atoms with Gasteiger partial charge in [-0.3, -0.25) is 4.79 Å². The van der Waals surface area contributed by atoms with Crippen molar-refractivity contribution in [1.29, 1.82) is 0 Å². The summed E-state index contributed by atoms with van der Waals surface area (Å²) in [6.07, 6.45) is 6.60. The number of hydrogen-bond donors (Lipinski definition) is 1. The first-order valence-electron chi connectivity index (χ1n) is 7.54. The Morgan fingerprint density at radius 1 is 1.14 bits per heavy atom. The lowest BCUT2D eigenvalue weighted by atomic mass is 9.88. The van der Waals surface area contributed by atoms with Crippen molar-refractivity contribution in [2.24, 2.45) is 0 Å². The number of carbonyl (C=O) groups excluding carboxylic acids is 1. The van der Waals surface area contributed by atoms with Crippen molar-refractivity contribution in [3.05, 3.63) is 76.3 Å². The summed E-state index contributed by atoms with van der Waals surface area (Å²) in [5.41, 5.74) is 3.56. The smallest absolute Gasteiger partial charge is 0.244 e. The minimum atomic E-state index is -0.0587. The van der Waals surface area contributed by atoms with Crippen LogP contribution in [0.2, 0.25) is 5.02 Å². The summed E-state index contributed by atoms with van der Waals surface area (Å²) in [6, 6.07) is 15.9. The monoisotopic (exact) mass is 311 g/mol. The number of hydrogen-bond acceptors (Lipinski definition) is 1. The van der Waals surface area contributed by atoms with Crippen LogP contribution >= 0.6 is 11.6 Å². The number of nitrogens with one attached hydrogen (secondary N) is 1. The van der Waals surface area contributed by atoms with Crippen molar-refractivity contribution in [2.75, 3.05) is 0 Å². The first-order valence-corrected chi connectivity index (χ1v) is 7.92. The summed E-state index contributed by atoms with van der Waals surface area (Å²) >= 11 is 5.85. The predicted molar refractivity (Wildman–Crippen MR) is 90.7 cm³/mol. The molecule has 0 saturated heterocycles. The third-order valence-corrected chi connectivity index (χ3v) is 4.24. The average Bonchev–Trinajstić information content (AvgIpc) is 2.55. The second kappa shape index (κ2) is 6.80. The lowest BCUT2D eigenvalue weighted by Crippen LogP contribution is -2.29. The molecule has 1 aliphatic rings. The van der Waals surface area contributed by atoms with E-state index in [1.165, 1.54) is 11.1 Å². The van der Waals surface area contributed by atoms with Crippen LogP contribution in [0.4, 0.5) is 0 Å². The van der Waals surface area contributed by atoms with Crippen LogP contribution in [0.15, 0.2) is 54.6 Å². The molecule has 1 aliphatic carbocycles. The van der Waals surface area contributed by atoms with Crippen molar-refractivity contribution in [2.45, 2.75) is 25.3 Å². The number of amides is 1. The molecule has 0 heterocycles. The van der Waals surface area contributed by atoms with Gasteiger partial charge in [0.15, 0.2) is 0 Å². The predicted octanol–water partition coefficient (Wildman–Crippen LogP) is 4.55. The Kier molecular flexibility index (Phi) is 4.59. The Balaban J connectivity index is 1.66. The normalized spacial score (nSPS) is 17.2. The zero-order chi connectivity index (χ0) is 15.4. The largest absolute Gasteiger partial charge is 0.346 e. The highest BCUT2D eigenvalue weighted by atomic mass is 35.5. The van der Waals surface area contributed by atoms with Crippen molar-refractivity contribution in [1.82, 2.24) is 5.32 Å². The fraction of sp³-hybridized carbons (Fsp3) is 0.211. The molecule has 1 amide bonds. The van der Waals surface area contributed by atoms with Crippen LogP contribution in [0.3, 0.4) is 0 Å². The van der Waals surface area contributed by atoms with Gasteiger partial charge in [0.1, 0.15) is 0 Å². The summed E-state index contributed by atoms with van der Waals surface area (Å²) in [4.78, 5) is 12.1. The van der Waals surface area contributed by atoms with Crippen LogP contribution in [0.5, 0.6) is 0 Å². The van der Waals surface area contributed by atoms with E-state index in [-0.39, 0.29) is 11.9 Å². The Labute approximate surface area is 135 Å². The first-order chi connectivity index (χ1) is 10.7. The molecule has 2 aromatic rings. The fourth-order valence-electron chi connectivity index (χ4n) is 2.87. The van der Waals surface area contributed by atoms with Gasteiger partial charge in [0.2, 0.25) is 5.91 Å². The SMILES string of the molecule is O=C(/C=C/c1ccc(Cl)cc1)N[C@@H]1CCCc2ccccc21. The van der Waals surface area contributed by atoms with Crippen LogP contribution < -0.4 is 5.32 Å². The minimum absolute atomic E-state index is 0.0587. The minimum Gasteiger partial charge on any atom is -0.346 e. The van der Waals surface area contributed by atoms with Gasteiger partial charge in [-0.2, -0.15) is 0 Å². The molecule has 3 heteroatoms. The van der Waals surface area contributed by atoms with Gasteiger partial charge in [-0.15, -0.1) is 0 Å². The summed E-state index contributed by atoms with van der Waals surface area (Å²) in [5, 5.41) is 3.80. The molecule has 1 N–H and O–H groups in total. The number of aryl methyl sites for hydroxylation is 1. The number of fused-ring (bicyclic) bond motifs is 1. The number of halogens is 1. The summed E-state index contributed by atoms with van der Waals surface area (Å²) < 4.78 is 0. The fourth-order valence-corrected chi connectivity index (χ4v) is 3.00. The van der Waals surface area contributed by atoms with Gasteiger partial charge in [0, 0.05) is 11.1 Å². The van der Waals surface area contributed by atoms with E-state index in [0.29, 0.717) is 5.02 Å². The van der Waals surface area contributed by atoms with Gasteiger partial charge in [-0.25, -0.2) is 0 Å². The van der Waals surface area contributed by atoms with E-state index in [1.807, 2.05) is 30.3 Å². The van der Waals surface area contributed by atoms with E-state index in [0.717, 1.165) is 24.8 Å². The second-order valence-corrected chi connectivity index (χ2v) is 5.97. The molecular formula is C19H18ClNO. The molecular weight excluding hydrogens is 294 g/mol. The first kappa shape index (κ1) is 14.9. The zero-order valence-corrected chi connectivity index (χ0v) is 13.0. The van der Waals surface area contributed by atoms with E-state index >= 15 is 0 Å². The molecule has 2 nitrogen and oxygen atoms in total. The maximum atomic E-state index is 12.1. The van der Waals surface area contributed by atoms with Gasteiger partial charge in [-0.05, 0) is 54.2 Å². The number of carbonyl (C=O) groups is 1. The quantitative estimate of drug-likeness (QED) is 0.828. The lowest BCUT2D eigenvalue weighted by Gasteiger charge is -2.25. The maximum absolute atomic E-state index is 12.1. The van der Waals surface area contributed by atoms with Crippen molar-refractivity contribution >= 4 is 23.6 Å². The highest BCUT2D eigenvalue weighted by Crippen LogP contribution is 2.29. The van der Waals surface area contributed by atoms with E-state index in [1.54, 1.807) is 12.2 Å². The van der Waals surface area contributed by atoms with E-state index in [2.05, 4.69) is 23.5 Å². The Morgan fingerprint density at radius 2 is 1.91 bits per heavy atom. The molecule has 0 aromatic heterocycles. The highest BCUT2D eigenvalue weighted by Gasteiger charge is 2.20. The van der Waals surface area contributed by atoms with Gasteiger partial charge in [-0.1, -0.05) is 48.0 Å². The van der Waals surface area contributed by atoms with Crippen molar-refractivity contribution in [3.63, 3.8) is 0 Å². The molecule has 0 fully saturated rings. The summed E-state index contributed by atoms with van der Waals surface area (Å²) in [7, 11) is 0. The Morgan fingerprint density at radius 3 is 2.73 bits per heavy atom. The van der Waals surface area contributed by atoms with Crippen LogP contribution in [-0.2, 0) is 11.2 Å². The highest BCUT2D eigenvalue weighted by molar-refractivity contribution is 6.30. The third kappa shape index (κ3) is 3.58. The maximum Gasteiger partial charge on any atom is 0.244 e. The van der Waals surface area contributed by atoms with Crippen LogP contribution in [0, 0.1) is 0 Å². The molecule has 0 unspecified atom stereocenters. The second-order valence-electron chi connectivity index (χ2n) is 5.54. The molecule has 2 aromatic carbocycles. The molecule has 22 heavy (non-hydrogen) atoms. The summed E-state index contributed by atoms with van der Waals surface area (Å²) in [5.74, 6) is -0.0587. The summed E-state index contributed by atoms with van der Waals surface area (Å²) in [6.45, 7) is 0. The van der Waals surface area contributed by atoms with Gasteiger partial charge in [0.25, 0.3) is 0 Å². The van der Waals surface area contributed by atoms with Crippen LogP contribution in [0.1, 0.15) is 35.6 Å². The van der Waals surface area contributed by atoms with E-state index in [9.17, 15) is 4.79 Å². The Bertz CT molecular complexity index is 691. The molecule has 0 radical (unpaired) electrons. The molecule has 3 rings (SSSR count).